The number of amides is 1. The predicted octanol–water partition coefficient (Wildman–Crippen LogP) is 3.13. The zero-order chi connectivity index (χ0) is 24.2. The third kappa shape index (κ3) is 5.83. The molecule has 1 amide bonds. The summed E-state index contributed by atoms with van der Waals surface area (Å²) in [5, 5.41) is 3.85. The second kappa shape index (κ2) is 11.5. The maximum absolute atomic E-state index is 12.5. The Hall–Kier alpha value is -3.48. The van der Waals surface area contributed by atoms with Crippen molar-refractivity contribution in [1.82, 2.24) is 0 Å². The molecule has 0 bridgehead atoms. The number of halogens is 2. The van der Waals surface area contributed by atoms with Gasteiger partial charge in [0.15, 0.2) is 6.61 Å². The third-order valence-corrected chi connectivity index (χ3v) is 6.41. The molecule has 1 aliphatic rings. The number of piperidine rings is 1. The summed E-state index contributed by atoms with van der Waals surface area (Å²) in [4.78, 5) is 27.0. The first-order chi connectivity index (χ1) is 17.1. The van der Waals surface area contributed by atoms with Crippen LogP contribution in [0.1, 0.15) is 19.3 Å². The fourth-order valence-electron chi connectivity index (χ4n) is 4.38. The number of carbonyl (C=O) groups is 1. The predicted molar refractivity (Wildman–Crippen MR) is 140 cm³/mol. The minimum atomic E-state index is -0.477. The van der Waals surface area contributed by atoms with Crippen LogP contribution in [0.5, 0.6) is 5.75 Å². The second-order valence-electron chi connectivity index (χ2n) is 8.56. The van der Waals surface area contributed by atoms with E-state index in [2.05, 4.69) is 10.2 Å². The maximum atomic E-state index is 12.5. The van der Waals surface area contributed by atoms with Crippen molar-refractivity contribution in [3.8, 4) is 16.9 Å². The number of fused-ring (bicyclic) bond motifs is 1. The molecule has 0 unspecified atom stereocenters. The largest absolute Gasteiger partial charge is 1.00 e. The molecule has 0 radical (unpaired) electrons. The third-order valence-electron chi connectivity index (χ3n) is 6.11. The highest BCUT2D eigenvalue weighted by Crippen LogP contribution is 2.34. The van der Waals surface area contributed by atoms with Gasteiger partial charge in [0.25, 0.3) is 5.91 Å². The Labute approximate surface area is 220 Å². The van der Waals surface area contributed by atoms with Crippen molar-refractivity contribution in [2.75, 3.05) is 29.9 Å². The summed E-state index contributed by atoms with van der Waals surface area (Å²) in [7, 11) is 0. The van der Waals surface area contributed by atoms with Gasteiger partial charge in [0.2, 0.25) is 0 Å². The molecule has 2 heterocycles. The monoisotopic (exact) mass is 523 g/mol. The van der Waals surface area contributed by atoms with E-state index in [-0.39, 0.29) is 30.7 Å². The summed E-state index contributed by atoms with van der Waals surface area (Å²) < 4.78 is 11.1. The average molecular weight is 524 g/mol. The van der Waals surface area contributed by atoms with E-state index in [4.69, 9.17) is 20.8 Å². The average Bonchev–Trinajstić information content (AvgIpc) is 2.89. The molecule has 0 atom stereocenters. The van der Waals surface area contributed by atoms with E-state index < -0.39 is 5.63 Å². The number of hydrogen-bond donors (Lipinski definition) is 1. The van der Waals surface area contributed by atoms with Crippen LogP contribution in [0, 0.1) is 0 Å². The number of rotatable bonds is 6. The first kappa shape index (κ1) is 25.6. The van der Waals surface area contributed by atoms with Crippen molar-refractivity contribution in [3.63, 3.8) is 0 Å². The fourth-order valence-corrected chi connectivity index (χ4v) is 4.60. The van der Waals surface area contributed by atoms with Gasteiger partial charge in [0.05, 0.1) is 5.02 Å². The molecular formula is C28H25Cl2N2O4-. The lowest BCUT2D eigenvalue weighted by Crippen LogP contribution is -3.00. The van der Waals surface area contributed by atoms with Gasteiger partial charge >= 0.3 is 5.63 Å². The topological polar surface area (TPSA) is 71.8 Å². The first-order valence-corrected chi connectivity index (χ1v) is 12.0. The Morgan fingerprint density at radius 3 is 2.42 bits per heavy atom. The molecule has 0 spiro atoms. The lowest BCUT2D eigenvalue weighted by atomic mass is 10.0. The van der Waals surface area contributed by atoms with Gasteiger partial charge in [0.1, 0.15) is 11.3 Å². The number of benzene rings is 3. The van der Waals surface area contributed by atoms with Crippen LogP contribution in [0.4, 0.5) is 11.4 Å². The van der Waals surface area contributed by atoms with Crippen LogP contribution in [0.2, 0.25) is 5.02 Å². The lowest BCUT2D eigenvalue weighted by Gasteiger charge is -2.28. The quantitative estimate of drug-likeness (QED) is 0.393. The Kier molecular flexibility index (Phi) is 8.18. The molecular weight excluding hydrogens is 499 g/mol. The fraction of sp³-hybridized carbons (Fsp3) is 0.214. The van der Waals surface area contributed by atoms with Gasteiger partial charge in [0, 0.05) is 42.0 Å². The van der Waals surface area contributed by atoms with Crippen molar-refractivity contribution in [1.29, 1.82) is 0 Å². The number of ether oxygens (including phenoxy) is 1. The molecule has 0 saturated carbocycles. The minimum Gasteiger partial charge on any atom is -1.00 e. The molecule has 8 heteroatoms. The van der Waals surface area contributed by atoms with Crippen molar-refractivity contribution in [2.45, 2.75) is 19.3 Å². The van der Waals surface area contributed by atoms with Gasteiger partial charge in [-0.3, -0.25) is 4.79 Å². The van der Waals surface area contributed by atoms with Crippen LogP contribution in [0.25, 0.3) is 22.1 Å². The second-order valence-corrected chi connectivity index (χ2v) is 8.96. The van der Waals surface area contributed by atoms with E-state index in [9.17, 15) is 9.59 Å². The summed E-state index contributed by atoms with van der Waals surface area (Å²) >= 11 is 6.46. The van der Waals surface area contributed by atoms with E-state index in [1.54, 1.807) is 12.1 Å². The van der Waals surface area contributed by atoms with Crippen molar-refractivity contribution in [3.05, 3.63) is 88.2 Å². The van der Waals surface area contributed by atoms with Crippen LogP contribution in [-0.4, -0.2) is 25.6 Å². The summed E-state index contributed by atoms with van der Waals surface area (Å²) in [6.45, 7) is 1.90. The van der Waals surface area contributed by atoms with Crippen LogP contribution in [-0.2, 0) is 4.79 Å². The Bertz CT molecular complexity index is 1400. The highest BCUT2D eigenvalue weighted by molar-refractivity contribution is 6.33. The van der Waals surface area contributed by atoms with Crippen molar-refractivity contribution < 1.29 is 26.4 Å². The summed E-state index contributed by atoms with van der Waals surface area (Å²) in [5.41, 5.74) is 3.32. The summed E-state index contributed by atoms with van der Waals surface area (Å²) in [5.74, 6) is -0.0468. The lowest BCUT2D eigenvalue weighted by molar-refractivity contribution is -0.118. The molecule has 1 N–H and O–H groups in total. The normalized spacial score (nSPS) is 13.2. The smallest absolute Gasteiger partial charge is 0.336 e. The van der Waals surface area contributed by atoms with Gasteiger partial charge in [-0.1, -0.05) is 41.9 Å². The first-order valence-electron chi connectivity index (χ1n) is 11.7. The molecule has 5 rings (SSSR count). The molecule has 1 saturated heterocycles. The van der Waals surface area contributed by atoms with E-state index >= 15 is 0 Å². The molecule has 186 valence electrons. The summed E-state index contributed by atoms with van der Waals surface area (Å²) in [6, 6.07) is 22.0. The highest BCUT2D eigenvalue weighted by atomic mass is 35.5. The minimum absolute atomic E-state index is 0. The van der Waals surface area contributed by atoms with E-state index in [0.717, 1.165) is 24.2 Å². The number of hydrogen-bond acceptors (Lipinski definition) is 5. The zero-order valence-corrected chi connectivity index (χ0v) is 21.0. The maximum Gasteiger partial charge on any atom is 0.336 e. The molecule has 3 aromatic carbocycles. The molecule has 36 heavy (non-hydrogen) atoms. The molecule has 1 fully saturated rings. The molecule has 1 aliphatic heterocycles. The molecule has 4 aromatic rings. The standard InChI is InChI=1S/C28H25ClN2O4.ClH/c29-24-15-23-22(19-7-3-1-4-8-19)16-28(33)35-25(23)17-26(24)34-18-27(32)30-20-9-11-21(12-10-20)31-13-5-2-6-14-31;/h1,3-4,7-12,15-17H,2,5-6,13-14,18H2,(H,30,32);1H/p-1. The van der Waals surface area contributed by atoms with Crippen molar-refractivity contribution >= 4 is 39.9 Å². The SMILES string of the molecule is O=C(COc1cc2oc(=O)cc(-c3ccccc3)c2cc1Cl)Nc1ccc(N2CCCCC2)cc1.[Cl-]. The summed E-state index contributed by atoms with van der Waals surface area (Å²) in [6.07, 6.45) is 3.71. The van der Waals surface area contributed by atoms with E-state index in [1.165, 1.54) is 31.0 Å². The zero-order valence-electron chi connectivity index (χ0n) is 19.5. The van der Waals surface area contributed by atoms with E-state index in [1.807, 2.05) is 54.6 Å². The van der Waals surface area contributed by atoms with Crippen LogP contribution < -0.4 is 33.0 Å². The van der Waals surface area contributed by atoms with Crippen molar-refractivity contribution in [2.24, 2.45) is 0 Å². The Morgan fingerprint density at radius 1 is 0.972 bits per heavy atom. The van der Waals surface area contributed by atoms with Gasteiger partial charge in [-0.2, -0.15) is 0 Å². The molecule has 0 aliphatic carbocycles. The van der Waals surface area contributed by atoms with Crippen LogP contribution in [0.15, 0.2) is 82.0 Å². The number of carbonyl (C=O) groups excluding carboxylic acids is 1. The Balaban J connectivity index is 0.00000304. The van der Waals surface area contributed by atoms with Gasteiger partial charge in [-0.25, -0.2) is 4.79 Å². The number of anilines is 2. The number of nitrogens with zero attached hydrogens (tertiary/aromatic N) is 1. The van der Waals surface area contributed by atoms with Crippen LogP contribution >= 0.6 is 11.6 Å². The van der Waals surface area contributed by atoms with E-state index in [0.29, 0.717) is 21.7 Å². The molecule has 1 aromatic heterocycles. The molecule has 6 nitrogen and oxygen atoms in total. The van der Waals surface area contributed by atoms with Crippen LogP contribution in [0.3, 0.4) is 0 Å². The Morgan fingerprint density at radius 2 is 1.69 bits per heavy atom. The van der Waals surface area contributed by atoms with Gasteiger partial charge in [-0.05, 0) is 60.7 Å². The number of nitrogens with one attached hydrogen (secondary N) is 1. The van der Waals surface area contributed by atoms with Gasteiger partial charge < -0.3 is 31.8 Å². The van der Waals surface area contributed by atoms with Gasteiger partial charge in [-0.15, -0.1) is 0 Å². The highest BCUT2D eigenvalue weighted by Gasteiger charge is 2.14.